The molecule has 0 aliphatic rings. The maximum Gasteiger partial charge on any atom is 0.232 e. The number of thiazole rings is 1. The summed E-state index contributed by atoms with van der Waals surface area (Å²) in [7, 11) is -3.41. The molecular formula is C23H27N3O3S2. The molecule has 0 saturated heterocycles. The molecule has 1 amide bonds. The highest BCUT2D eigenvalue weighted by molar-refractivity contribution is 7.92. The number of hydrogen-bond acceptors (Lipinski definition) is 5. The van der Waals surface area contributed by atoms with Crippen LogP contribution in [-0.2, 0) is 21.2 Å². The van der Waals surface area contributed by atoms with Crippen molar-refractivity contribution in [2.24, 2.45) is 0 Å². The molecule has 31 heavy (non-hydrogen) atoms. The van der Waals surface area contributed by atoms with Crippen LogP contribution < -0.4 is 10.0 Å². The van der Waals surface area contributed by atoms with Gasteiger partial charge >= 0.3 is 0 Å². The minimum absolute atomic E-state index is 0.0511. The quantitative estimate of drug-likeness (QED) is 0.494. The highest BCUT2D eigenvalue weighted by Crippen LogP contribution is 2.30. The Kier molecular flexibility index (Phi) is 7.12. The van der Waals surface area contributed by atoms with Crippen molar-refractivity contribution in [2.45, 2.75) is 40.5 Å². The van der Waals surface area contributed by atoms with Crippen molar-refractivity contribution in [2.75, 3.05) is 15.8 Å². The molecule has 6 nitrogen and oxygen atoms in total. The van der Waals surface area contributed by atoms with E-state index in [0.29, 0.717) is 23.4 Å². The Hall–Kier alpha value is -2.71. The SMILES string of the molecule is CCCS(=O)(=O)Nc1cccc(NC(=O)Cc2sc(C)nc2-c2ccc(C)cc2)c1C. The molecular weight excluding hydrogens is 430 g/mol. The molecule has 0 spiro atoms. The Morgan fingerprint density at radius 1 is 1.03 bits per heavy atom. The first-order valence-electron chi connectivity index (χ1n) is 10.1. The molecule has 0 aliphatic carbocycles. The Bertz CT molecular complexity index is 1180. The zero-order chi connectivity index (χ0) is 22.6. The van der Waals surface area contributed by atoms with E-state index >= 15 is 0 Å². The first-order valence-corrected chi connectivity index (χ1v) is 12.6. The van der Waals surface area contributed by atoms with Gasteiger partial charge in [0, 0.05) is 16.1 Å². The van der Waals surface area contributed by atoms with Gasteiger partial charge in [-0.3, -0.25) is 9.52 Å². The summed E-state index contributed by atoms with van der Waals surface area (Å²) < 4.78 is 26.8. The Balaban J connectivity index is 1.78. The number of nitrogens with zero attached hydrogens (tertiary/aromatic N) is 1. The maximum atomic E-state index is 12.8. The summed E-state index contributed by atoms with van der Waals surface area (Å²) in [6, 6.07) is 13.3. The van der Waals surface area contributed by atoms with E-state index in [1.165, 1.54) is 16.9 Å². The average molecular weight is 458 g/mol. The van der Waals surface area contributed by atoms with Gasteiger partial charge in [-0.05, 0) is 44.9 Å². The minimum atomic E-state index is -3.41. The zero-order valence-corrected chi connectivity index (χ0v) is 19.8. The van der Waals surface area contributed by atoms with Gasteiger partial charge in [0.1, 0.15) is 0 Å². The van der Waals surface area contributed by atoms with Gasteiger partial charge in [-0.1, -0.05) is 42.8 Å². The molecule has 0 saturated carbocycles. The van der Waals surface area contributed by atoms with Crippen LogP contribution in [0.4, 0.5) is 11.4 Å². The molecule has 0 fully saturated rings. The number of amides is 1. The lowest BCUT2D eigenvalue weighted by Crippen LogP contribution is -2.18. The molecule has 2 aromatic carbocycles. The summed E-state index contributed by atoms with van der Waals surface area (Å²) in [4.78, 5) is 18.3. The van der Waals surface area contributed by atoms with Gasteiger partial charge in [-0.2, -0.15) is 0 Å². The molecule has 3 rings (SSSR count). The lowest BCUT2D eigenvalue weighted by molar-refractivity contribution is -0.115. The van der Waals surface area contributed by atoms with E-state index in [9.17, 15) is 13.2 Å². The molecule has 0 radical (unpaired) electrons. The summed E-state index contributed by atoms with van der Waals surface area (Å²) in [6.07, 6.45) is 0.725. The largest absolute Gasteiger partial charge is 0.325 e. The number of carbonyl (C=O) groups excluding carboxylic acids is 1. The van der Waals surface area contributed by atoms with Crippen LogP contribution in [0.3, 0.4) is 0 Å². The van der Waals surface area contributed by atoms with E-state index in [2.05, 4.69) is 15.0 Å². The Morgan fingerprint density at radius 3 is 2.39 bits per heavy atom. The number of carbonyl (C=O) groups is 1. The Morgan fingerprint density at radius 2 is 1.71 bits per heavy atom. The van der Waals surface area contributed by atoms with E-state index in [1.807, 2.05) is 45.0 Å². The summed E-state index contributed by atoms with van der Waals surface area (Å²) >= 11 is 1.51. The van der Waals surface area contributed by atoms with Gasteiger partial charge in [0.2, 0.25) is 15.9 Å². The summed E-state index contributed by atoms with van der Waals surface area (Å²) in [6.45, 7) is 7.56. The highest BCUT2D eigenvalue weighted by Gasteiger charge is 2.17. The second-order valence-electron chi connectivity index (χ2n) is 7.49. The van der Waals surface area contributed by atoms with Crippen LogP contribution in [0.5, 0.6) is 0 Å². The fraction of sp³-hybridized carbons (Fsp3) is 0.304. The van der Waals surface area contributed by atoms with Crippen LogP contribution in [0.15, 0.2) is 42.5 Å². The maximum absolute atomic E-state index is 12.8. The second kappa shape index (κ2) is 9.62. The van der Waals surface area contributed by atoms with Crippen molar-refractivity contribution in [3.05, 3.63) is 63.5 Å². The van der Waals surface area contributed by atoms with Crippen LogP contribution in [-0.4, -0.2) is 25.1 Å². The number of benzene rings is 2. The molecule has 8 heteroatoms. The fourth-order valence-corrected chi connectivity index (χ4v) is 5.39. The number of rotatable bonds is 8. The van der Waals surface area contributed by atoms with Crippen molar-refractivity contribution < 1.29 is 13.2 Å². The van der Waals surface area contributed by atoms with E-state index in [-0.39, 0.29) is 18.1 Å². The smallest absolute Gasteiger partial charge is 0.232 e. The van der Waals surface area contributed by atoms with Gasteiger partial charge in [0.15, 0.2) is 0 Å². The van der Waals surface area contributed by atoms with Gasteiger partial charge in [0.05, 0.1) is 28.6 Å². The predicted octanol–water partition coefficient (Wildman–Crippen LogP) is 5.07. The number of aryl methyl sites for hydroxylation is 2. The topological polar surface area (TPSA) is 88.2 Å². The second-order valence-corrected chi connectivity index (χ2v) is 10.6. The number of hydrogen-bond donors (Lipinski definition) is 2. The molecule has 1 aromatic heterocycles. The third-order valence-electron chi connectivity index (χ3n) is 4.80. The number of anilines is 2. The van der Waals surface area contributed by atoms with Crippen LogP contribution in [0.1, 0.15) is 34.4 Å². The van der Waals surface area contributed by atoms with Gasteiger partial charge < -0.3 is 5.32 Å². The first kappa shape index (κ1) is 23.0. The lowest BCUT2D eigenvalue weighted by atomic mass is 10.1. The molecule has 0 atom stereocenters. The molecule has 1 heterocycles. The van der Waals surface area contributed by atoms with Crippen LogP contribution in [0.2, 0.25) is 0 Å². The number of sulfonamides is 1. The van der Waals surface area contributed by atoms with Crippen molar-refractivity contribution in [3.8, 4) is 11.3 Å². The van der Waals surface area contributed by atoms with Crippen molar-refractivity contribution >= 4 is 38.6 Å². The predicted molar refractivity (Wildman–Crippen MR) is 128 cm³/mol. The first-order chi connectivity index (χ1) is 14.7. The molecule has 0 aliphatic heterocycles. The summed E-state index contributed by atoms with van der Waals surface area (Å²) in [5, 5.41) is 3.82. The third-order valence-corrected chi connectivity index (χ3v) is 7.24. The third kappa shape index (κ3) is 5.92. The van der Waals surface area contributed by atoms with E-state index in [0.717, 1.165) is 21.1 Å². The fourth-order valence-electron chi connectivity index (χ4n) is 3.24. The molecule has 0 bridgehead atoms. The average Bonchev–Trinajstić information content (AvgIpc) is 3.05. The van der Waals surface area contributed by atoms with Crippen molar-refractivity contribution in [3.63, 3.8) is 0 Å². The Labute approximate surface area is 187 Å². The lowest BCUT2D eigenvalue weighted by Gasteiger charge is -2.14. The highest BCUT2D eigenvalue weighted by atomic mass is 32.2. The molecule has 0 unspecified atom stereocenters. The summed E-state index contributed by atoms with van der Waals surface area (Å²) in [5.41, 5.74) is 4.71. The van der Waals surface area contributed by atoms with Crippen molar-refractivity contribution in [1.82, 2.24) is 4.98 Å². The summed E-state index contributed by atoms with van der Waals surface area (Å²) in [5.74, 6) is -0.121. The van der Waals surface area contributed by atoms with Gasteiger partial charge in [-0.25, -0.2) is 13.4 Å². The minimum Gasteiger partial charge on any atom is -0.325 e. The van der Waals surface area contributed by atoms with Gasteiger partial charge in [0.25, 0.3) is 0 Å². The van der Waals surface area contributed by atoms with Crippen LogP contribution in [0, 0.1) is 20.8 Å². The van der Waals surface area contributed by atoms with Crippen molar-refractivity contribution in [1.29, 1.82) is 0 Å². The molecule has 164 valence electrons. The molecule has 2 N–H and O–H groups in total. The normalized spacial score (nSPS) is 11.4. The van der Waals surface area contributed by atoms with Gasteiger partial charge in [-0.15, -0.1) is 11.3 Å². The van der Waals surface area contributed by atoms with E-state index in [1.54, 1.807) is 25.1 Å². The van der Waals surface area contributed by atoms with Crippen LogP contribution >= 0.6 is 11.3 Å². The monoisotopic (exact) mass is 457 g/mol. The van der Waals surface area contributed by atoms with Crippen LogP contribution in [0.25, 0.3) is 11.3 Å². The standard InChI is InChI=1S/C23H27N3O3S2/c1-5-13-31(28,29)26-20-8-6-7-19(16(20)3)25-22(27)14-21-23(24-17(4)30-21)18-11-9-15(2)10-12-18/h6-12,26H,5,13-14H2,1-4H3,(H,25,27). The van der Waals surface area contributed by atoms with E-state index in [4.69, 9.17) is 0 Å². The number of aromatic nitrogens is 1. The molecule has 3 aromatic rings. The number of nitrogens with one attached hydrogen (secondary N) is 2. The zero-order valence-electron chi connectivity index (χ0n) is 18.2. The van der Waals surface area contributed by atoms with E-state index < -0.39 is 10.0 Å².